The predicted molar refractivity (Wildman–Crippen MR) is 156 cm³/mol. The van der Waals surface area contributed by atoms with Gasteiger partial charge in [0, 0.05) is 30.4 Å². The van der Waals surface area contributed by atoms with Crippen LogP contribution in [-0.4, -0.2) is 32.7 Å². The van der Waals surface area contributed by atoms with Gasteiger partial charge in [0.1, 0.15) is 0 Å². The number of benzene rings is 3. The summed E-state index contributed by atoms with van der Waals surface area (Å²) in [5, 5.41) is 8.20. The van der Waals surface area contributed by atoms with E-state index in [1.54, 1.807) is 13.1 Å². The molecule has 0 spiro atoms. The number of aromatic nitrogens is 4. The lowest BCUT2D eigenvalue weighted by atomic mass is 9.95. The van der Waals surface area contributed by atoms with Crippen LogP contribution in [0.5, 0.6) is 0 Å². The molecule has 3 aromatic carbocycles. The van der Waals surface area contributed by atoms with Crippen molar-refractivity contribution in [3.63, 3.8) is 0 Å². The van der Waals surface area contributed by atoms with E-state index in [0.717, 1.165) is 63.8 Å². The van der Waals surface area contributed by atoms with Crippen LogP contribution in [0, 0.1) is 6.92 Å². The Labute approximate surface area is 241 Å². The van der Waals surface area contributed by atoms with Gasteiger partial charge in [-0.2, -0.15) is 18.3 Å². The zero-order valence-corrected chi connectivity index (χ0v) is 23.4. The molecule has 2 aromatic heterocycles. The van der Waals surface area contributed by atoms with Crippen molar-refractivity contribution in [3.05, 3.63) is 102 Å². The van der Waals surface area contributed by atoms with E-state index in [1.807, 2.05) is 72.3 Å². The van der Waals surface area contributed by atoms with Crippen LogP contribution in [0.25, 0.3) is 22.0 Å². The maximum Gasteiger partial charge on any atom is 0.416 e. The number of nitrogens with zero attached hydrogens (tertiary/aromatic N) is 5. The summed E-state index contributed by atoms with van der Waals surface area (Å²) >= 11 is 0. The minimum absolute atomic E-state index is 0.0427. The van der Waals surface area contributed by atoms with Gasteiger partial charge in [-0.25, -0.2) is 9.97 Å². The minimum atomic E-state index is -4.52. The van der Waals surface area contributed by atoms with Gasteiger partial charge in [0.2, 0.25) is 5.95 Å². The quantitative estimate of drug-likeness (QED) is 0.221. The van der Waals surface area contributed by atoms with Gasteiger partial charge < -0.3 is 10.2 Å². The molecule has 6 rings (SSSR count). The Morgan fingerprint density at radius 2 is 1.88 bits per heavy atom. The van der Waals surface area contributed by atoms with Gasteiger partial charge in [-0.05, 0) is 79.3 Å². The van der Waals surface area contributed by atoms with Gasteiger partial charge in [-0.3, -0.25) is 9.48 Å². The summed E-state index contributed by atoms with van der Waals surface area (Å²) in [5.41, 5.74) is 4.58. The summed E-state index contributed by atoms with van der Waals surface area (Å²) in [7, 11) is 1.92. The molecule has 214 valence electrons. The molecule has 1 N–H and O–H groups in total. The molecule has 0 saturated heterocycles. The highest BCUT2D eigenvalue weighted by atomic mass is 19.4. The Kier molecular flexibility index (Phi) is 6.92. The standard InChI is InChI=1S/C32H29F3N6O/c1-19-7-8-21(20(2)38-30(42)23-5-4-6-25(13-23)32(33,34)35)14-28(19)22-9-10-24-16-36-31(39-29(24)15-22)40(3)27-17-37-41(18-27)26-11-12-26/h4-10,13-18,20,26H,11-12H2,1-3H3,(H,38,42)/t20-/m1/s1. The number of fused-ring (bicyclic) bond motifs is 1. The topological polar surface area (TPSA) is 75.9 Å². The van der Waals surface area contributed by atoms with Crippen LogP contribution in [0.4, 0.5) is 24.8 Å². The molecule has 0 radical (unpaired) electrons. The molecule has 1 amide bonds. The Morgan fingerprint density at radius 1 is 1.07 bits per heavy atom. The number of aryl methyl sites for hydroxylation is 1. The number of nitrogens with one attached hydrogen (secondary N) is 1. The molecule has 1 saturated carbocycles. The van der Waals surface area contributed by atoms with Crippen molar-refractivity contribution < 1.29 is 18.0 Å². The summed E-state index contributed by atoms with van der Waals surface area (Å²) in [6, 6.07) is 16.3. The van der Waals surface area contributed by atoms with Crippen molar-refractivity contribution in [2.75, 3.05) is 11.9 Å². The van der Waals surface area contributed by atoms with Crippen molar-refractivity contribution >= 4 is 28.4 Å². The smallest absolute Gasteiger partial charge is 0.346 e. The highest BCUT2D eigenvalue weighted by Crippen LogP contribution is 2.36. The van der Waals surface area contributed by atoms with Gasteiger partial charge in [-0.1, -0.05) is 30.3 Å². The maximum absolute atomic E-state index is 13.1. The van der Waals surface area contributed by atoms with E-state index in [2.05, 4.69) is 15.4 Å². The molecular formula is C32H29F3N6O. The summed E-state index contributed by atoms with van der Waals surface area (Å²) < 4.78 is 41.4. The van der Waals surface area contributed by atoms with E-state index >= 15 is 0 Å². The number of carbonyl (C=O) groups excluding carboxylic acids is 1. The van der Waals surface area contributed by atoms with Gasteiger partial charge in [0.15, 0.2) is 0 Å². The third kappa shape index (κ3) is 5.57. The number of hydrogen-bond donors (Lipinski definition) is 1. The first-order valence-corrected chi connectivity index (χ1v) is 13.7. The molecule has 1 aliphatic carbocycles. The van der Waals surface area contributed by atoms with E-state index in [0.29, 0.717) is 12.0 Å². The number of alkyl halides is 3. The lowest BCUT2D eigenvalue weighted by molar-refractivity contribution is -0.137. The van der Waals surface area contributed by atoms with Crippen molar-refractivity contribution in [2.45, 2.75) is 44.9 Å². The first kappa shape index (κ1) is 27.4. The monoisotopic (exact) mass is 570 g/mol. The fourth-order valence-corrected chi connectivity index (χ4v) is 4.92. The number of rotatable bonds is 7. The van der Waals surface area contributed by atoms with Gasteiger partial charge in [0.25, 0.3) is 5.91 Å². The normalized spacial score (nSPS) is 14.1. The van der Waals surface area contributed by atoms with Crippen molar-refractivity contribution in [2.24, 2.45) is 0 Å². The molecule has 1 fully saturated rings. The molecule has 1 atom stereocenters. The molecule has 42 heavy (non-hydrogen) atoms. The van der Waals surface area contributed by atoms with E-state index < -0.39 is 23.7 Å². The second-order valence-corrected chi connectivity index (χ2v) is 10.8. The molecule has 0 unspecified atom stereocenters. The van der Waals surface area contributed by atoms with Crippen molar-refractivity contribution in [3.8, 4) is 11.1 Å². The van der Waals surface area contributed by atoms with E-state index in [1.165, 1.54) is 12.1 Å². The molecule has 10 heteroatoms. The Hall–Kier alpha value is -4.73. The second-order valence-electron chi connectivity index (χ2n) is 10.8. The molecule has 0 aliphatic heterocycles. The van der Waals surface area contributed by atoms with E-state index in [9.17, 15) is 18.0 Å². The average Bonchev–Trinajstić information content (AvgIpc) is 3.72. The van der Waals surface area contributed by atoms with Crippen LogP contribution in [0.1, 0.15) is 58.9 Å². The Morgan fingerprint density at radius 3 is 2.64 bits per heavy atom. The number of hydrogen-bond acceptors (Lipinski definition) is 5. The third-order valence-corrected chi connectivity index (χ3v) is 7.64. The van der Waals surface area contributed by atoms with Crippen LogP contribution in [0.2, 0.25) is 0 Å². The molecule has 5 aromatic rings. The van der Waals surface area contributed by atoms with Crippen molar-refractivity contribution in [1.29, 1.82) is 0 Å². The fraction of sp³-hybridized carbons (Fsp3) is 0.250. The largest absolute Gasteiger partial charge is 0.416 e. The van der Waals surface area contributed by atoms with Crippen LogP contribution in [0.3, 0.4) is 0 Å². The fourth-order valence-electron chi connectivity index (χ4n) is 4.92. The molecular weight excluding hydrogens is 541 g/mol. The highest BCUT2D eigenvalue weighted by Gasteiger charge is 2.31. The molecule has 2 heterocycles. The summed E-state index contributed by atoms with van der Waals surface area (Å²) in [6.07, 6.45) is 3.43. The van der Waals surface area contributed by atoms with E-state index in [-0.39, 0.29) is 5.56 Å². The first-order valence-electron chi connectivity index (χ1n) is 13.7. The molecule has 0 bridgehead atoms. The van der Waals surface area contributed by atoms with Crippen LogP contribution < -0.4 is 10.2 Å². The Balaban J connectivity index is 1.24. The molecule has 1 aliphatic rings. The SMILES string of the molecule is Cc1ccc([C@@H](C)NC(=O)c2cccc(C(F)(F)F)c2)cc1-c1ccc2cnc(N(C)c3cnn(C4CC4)c3)nc2c1. The number of amides is 1. The zero-order chi connectivity index (χ0) is 29.6. The Bertz CT molecular complexity index is 1790. The van der Waals surface area contributed by atoms with E-state index in [4.69, 9.17) is 4.98 Å². The minimum Gasteiger partial charge on any atom is -0.346 e. The van der Waals surface area contributed by atoms with Crippen LogP contribution in [-0.2, 0) is 6.18 Å². The summed E-state index contributed by atoms with van der Waals surface area (Å²) in [5.74, 6) is -0.0103. The van der Waals surface area contributed by atoms with Crippen LogP contribution >= 0.6 is 0 Å². The second kappa shape index (κ2) is 10.6. The maximum atomic E-state index is 13.1. The average molecular weight is 571 g/mol. The number of carbonyl (C=O) groups is 1. The molecule has 7 nitrogen and oxygen atoms in total. The number of anilines is 2. The predicted octanol–water partition coefficient (Wildman–Crippen LogP) is 7.41. The number of halogens is 3. The first-order chi connectivity index (χ1) is 20.1. The zero-order valence-electron chi connectivity index (χ0n) is 23.4. The third-order valence-electron chi connectivity index (χ3n) is 7.64. The van der Waals surface area contributed by atoms with Gasteiger partial charge >= 0.3 is 6.18 Å². The van der Waals surface area contributed by atoms with Gasteiger partial charge in [0.05, 0.1) is 35.0 Å². The van der Waals surface area contributed by atoms with Crippen molar-refractivity contribution in [1.82, 2.24) is 25.1 Å². The summed E-state index contributed by atoms with van der Waals surface area (Å²) in [4.78, 5) is 24.1. The summed E-state index contributed by atoms with van der Waals surface area (Å²) in [6.45, 7) is 3.81. The lowest BCUT2D eigenvalue weighted by Gasteiger charge is -2.18. The van der Waals surface area contributed by atoms with Gasteiger partial charge in [-0.15, -0.1) is 0 Å². The van der Waals surface area contributed by atoms with Crippen LogP contribution in [0.15, 0.2) is 79.3 Å². The highest BCUT2D eigenvalue weighted by molar-refractivity contribution is 5.94. The lowest BCUT2D eigenvalue weighted by Crippen LogP contribution is -2.27.